The largest absolute Gasteiger partial charge is 0.318 e. The summed E-state index contributed by atoms with van der Waals surface area (Å²) < 4.78 is 1.51. The van der Waals surface area contributed by atoms with Gasteiger partial charge in [-0.05, 0) is 12.1 Å². The van der Waals surface area contributed by atoms with Gasteiger partial charge in [0.15, 0.2) is 0 Å². The van der Waals surface area contributed by atoms with Gasteiger partial charge in [-0.25, -0.2) is 4.98 Å². The second-order valence-electron chi connectivity index (χ2n) is 2.83. The quantitative estimate of drug-likeness (QED) is 0.597. The lowest BCUT2D eigenvalue weighted by Gasteiger charge is -1.99. The van der Waals surface area contributed by atoms with Crippen LogP contribution in [-0.2, 0) is 7.05 Å². The monoisotopic (exact) mass is 194 g/mol. The number of hydrogen-bond acceptors (Lipinski definition) is 2. The summed E-state index contributed by atoms with van der Waals surface area (Å²) >= 11 is 5.68. The molecule has 0 N–H and O–H groups in total. The lowest BCUT2D eigenvalue weighted by molar-refractivity contribution is 0.873. The number of rotatable bonds is 0. The molecule has 2 aromatic rings. The van der Waals surface area contributed by atoms with Crippen molar-refractivity contribution in [1.82, 2.24) is 9.55 Å². The zero-order valence-electron chi connectivity index (χ0n) is 6.99. The molecule has 0 saturated carbocycles. The van der Waals surface area contributed by atoms with Crippen LogP contribution in [-0.4, -0.2) is 9.55 Å². The highest BCUT2D eigenvalue weighted by Crippen LogP contribution is 2.12. The van der Waals surface area contributed by atoms with E-state index in [-0.39, 0.29) is 5.56 Å². The number of pyridine rings is 2. The summed E-state index contributed by atoms with van der Waals surface area (Å²) in [6, 6.07) is 3.42. The molecule has 2 heterocycles. The van der Waals surface area contributed by atoms with Crippen molar-refractivity contribution in [3.63, 3.8) is 0 Å². The van der Waals surface area contributed by atoms with Gasteiger partial charge in [-0.1, -0.05) is 11.6 Å². The van der Waals surface area contributed by atoms with E-state index in [1.165, 1.54) is 4.57 Å². The Labute approximate surface area is 79.6 Å². The fourth-order valence-electron chi connectivity index (χ4n) is 1.21. The van der Waals surface area contributed by atoms with Gasteiger partial charge in [0.1, 0.15) is 5.15 Å². The van der Waals surface area contributed by atoms with Crippen molar-refractivity contribution in [2.24, 2.45) is 7.05 Å². The van der Waals surface area contributed by atoms with Crippen molar-refractivity contribution < 1.29 is 0 Å². The van der Waals surface area contributed by atoms with Gasteiger partial charge in [0.2, 0.25) is 0 Å². The minimum Gasteiger partial charge on any atom is -0.318 e. The SMILES string of the molecule is Cn1ccc2cnc(Cl)cc2c1=O. The molecule has 0 aliphatic rings. The molecular weight excluding hydrogens is 188 g/mol. The summed E-state index contributed by atoms with van der Waals surface area (Å²) in [5.41, 5.74) is -0.0539. The first-order valence-corrected chi connectivity index (χ1v) is 4.17. The molecule has 2 rings (SSSR count). The summed E-state index contributed by atoms with van der Waals surface area (Å²) in [5.74, 6) is 0. The van der Waals surface area contributed by atoms with Gasteiger partial charge in [0.05, 0.1) is 5.39 Å². The minimum atomic E-state index is -0.0539. The van der Waals surface area contributed by atoms with Gasteiger partial charge < -0.3 is 4.57 Å². The summed E-state index contributed by atoms with van der Waals surface area (Å²) in [6.45, 7) is 0. The summed E-state index contributed by atoms with van der Waals surface area (Å²) in [7, 11) is 1.70. The molecule has 0 aliphatic heterocycles. The smallest absolute Gasteiger partial charge is 0.258 e. The molecule has 0 amide bonds. The van der Waals surface area contributed by atoms with Crippen LogP contribution in [0.2, 0.25) is 5.15 Å². The molecule has 0 fully saturated rings. The predicted octanol–water partition coefficient (Wildman–Crippen LogP) is 1.59. The van der Waals surface area contributed by atoms with Crippen molar-refractivity contribution in [3.8, 4) is 0 Å². The Morgan fingerprint density at radius 1 is 1.54 bits per heavy atom. The molecule has 0 unspecified atom stereocenters. The van der Waals surface area contributed by atoms with Gasteiger partial charge in [-0.15, -0.1) is 0 Å². The summed E-state index contributed by atoms with van der Waals surface area (Å²) in [4.78, 5) is 15.5. The first kappa shape index (κ1) is 8.26. The second-order valence-corrected chi connectivity index (χ2v) is 3.21. The maximum absolute atomic E-state index is 11.6. The third-order valence-electron chi connectivity index (χ3n) is 1.93. The molecule has 0 spiro atoms. The first-order valence-electron chi connectivity index (χ1n) is 3.79. The van der Waals surface area contributed by atoms with Crippen molar-refractivity contribution in [1.29, 1.82) is 0 Å². The zero-order chi connectivity index (χ0) is 9.42. The Kier molecular flexibility index (Phi) is 1.81. The average molecular weight is 195 g/mol. The van der Waals surface area contributed by atoms with Gasteiger partial charge in [-0.2, -0.15) is 0 Å². The van der Waals surface area contributed by atoms with E-state index >= 15 is 0 Å². The Balaban J connectivity index is 2.97. The van der Waals surface area contributed by atoms with Crippen molar-refractivity contribution in [2.75, 3.05) is 0 Å². The maximum Gasteiger partial charge on any atom is 0.258 e. The van der Waals surface area contributed by atoms with Crippen LogP contribution in [0.1, 0.15) is 0 Å². The van der Waals surface area contributed by atoms with E-state index in [1.807, 2.05) is 6.07 Å². The average Bonchev–Trinajstić information content (AvgIpc) is 2.12. The number of halogens is 1. The number of aryl methyl sites for hydroxylation is 1. The van der Waals surface area contributed by atoms with E-state index in [0.29, 0.717) is 10.5 Å². The van der Waals surface area contributed by atoms with Crippen molar-refractivity contribution >= 4 is 22.4 Å². The highest BCUT2D eigenvalue weighted by Gasteiger charge is 2.00. The molecule has 0 saturated heterocycles. The molecule has 66 valence electrons. The summed E-state index contributed by atoms with van der Waals surface area (Å²) in [6.07, 6.45) is 3.30. The summed E-state index contributed by atoms with van der Waals surface area (Å²) in [5, 5.41) is 1.76. The Morgan fingerprint density at radius 3 is 3.08 bits per heavy atom. The van der Waals surface area contributed by atoms with E-state index in [4.69, 9.17) is 11.6 Å². The molecule has 0 bridgehead atoms. The number of hydrogen-bond donors (Lipinski definition) is 0. The molecule has 0 radical (unpaired) electrons. The van der Waals surface area contributed by atoms with Crippen LogP contribution >= 0.6 is 11.6 Å². The van der Waals surface area contributed by atoms with Crippen LogP contribution in [0.15, 0.2) is 29.3 Å². The topological polar surface area (TPSA) is 34.9 Å². The van der Waals surface area contributed by atoms with Crippen molar-refractivity contribution in [2.45, 2.75) is 0 Å². The fourth-order valence-corrected chi connectivity index (χ4v) is 1.37. The van der Waals surface area contributed by atoms with E-state index in [0.717, 1.165) is 5.39 Å². The highest BCUT2D eigenvalue weighted by atomic mass is 35.5. The van der Waals surface area contributed by atoms with Crippen molar-refractivity contribution in [3.05, 3.63) is 40.0 Å². The van der Waals surface area contributed by atoms with Gasteiger partial charge in [-0.3, -0.25) is 4.79 Å². The van der Waals surface area contributed by atoms with Crippen LogP contribution in [0.5, 0.6) is 0 Å². The normalized spacial score (nSPS) is 10.6. The Hall–Kier alpha value is -1.35. The van der Waals surface area contributed by atoms with Crippen LogP contribution in [0.25, 0.3) is 10.8 Å². The van der Waals surface area contributed by atoms with E-state index in [9.17, 15) is 4.79 Å². The molecule has 13 heavy (non-hydrogen) atoms. The van der Waals surface area contributed by atoms with E-state index in [2.05, 4.69) is 4.98 Å². The van der Waals surface area contributed by atoms with Crippen LogP contribution in [0.3, 0.4) is 0 Å². The van der Waals surface area contributed by atoms with Crippen LogP contribution in [0, 0.1) is 0 Å². The molecule has 0 aromatic carbocycles. The second kappa shape index (κ2) is 2.85. The molecule has 4 heteroatoms. The van der Waals surface area contributed by atoms with Gasteiger partial charge in [0.25, 0.3) is 5.56 Å². The van der Waals surface area contributed by atoms with Crippen LogP contribution in [0.4, 0.5) is 0 Å². The number of nitrogens with zero attached hydrogens (tertiary/aromatic N) is 2. The maximum atomic E-state index is 11.6. The van der Waals surface area contributed by atoms with E-state index in [1.54, 1.807) is 25.5 Å². The lowest BCUT2D eigenvalue weighted by atomic mass is 10.2. The van der Waals surface area contributed by atoms with Gasteiger partial charge in [0, 0.05) is 24.8 Å². The molecule has 0 aliphatic carbocycles. The van der Waals surface area contributed by atoms with E-state index < -0.39 is 0 Å². The minimum absolute atomic E-state index is 0.0539. The molecular formula is C9H7ClN2O. The highest BCUT2D eigenvalue weighted by molar-refractivity contribution is 6.30. The standard InChI is InChI=1S/C9H7ClN2O/c1-12-3-2-6-5-11-8(10)4-7(6)9(12)13/h2-5H,1H3. The fraction of sp³-hybridized carbons (Fsp3) is 0.111. The molecule has 2 aromatic heterocycles. The van der Waals surface area contributed by atoms with Crippen LogP contribution < -0.4 is 5.56 Å². The number of fused-ring (bicyclic) bond motifs is 1. The molecule has 0 atom stereocenters. The lowest BCUT2D eigenvalue weighted by Crippen LogP contribution is -2.15. The van der Waals surface area contributed by atoms with Gasteiger partial charge >= 0.3 is 0 Å². The third kappa shape index (κ3) is 1.31. The number of aromatic nitrogens is 2. The Bertz CT molecular complexity index is 513. The predicted molar refractivity (Wildman–Crippen MR) is 52.0 cm³/mol. The Morgan fingerprint density at radius 2 is 2.31 bits per heavy atom. The first-order chi connectivity index (χ1) is 6.18. The third-order valence-corrected chi connectivity index (χ3v) is 2.14. The molecule has 3 nitrogen and oxygen atoms in total. The zero-order valence-corrected chi connectivity index (χ0v) is 7.75.